The number of carbonyl (C=O) groups excluding carboxylic acids is 1. The van der Waals surface area contributed by atoms with E-state index in [2.05, 4.69) is 64.4 Å². The fraction of sp³-hybridized carbons (Fsp3) is 0.261. The summed E-state index contributed by atoms with van der Waals surface area (Å²) in [5, 5.41) is 1.26. The first-order valence-electron chi connectivity index (χ1n) is 9.70. The molecule has 0 spiro atoms. The third-order valence-corrected chi connectivity index (χ3v) is 6.31. The molecule has 2 aromatic carbocycles. The minimum Gasteiger partial charge on any atom is -0.412 e. The number of amides is 1. The first-order valence-corrected chi connectivity index (χ1v) is 10.5. The van der Waals surface area contributed by atoms with Crippen LogP contribution in [0.2, 0.25) is 0 Å². The molecule has 3 aromatic rings. The van der Waals surface area contributed by atoms with Gasteiger partial charge in [-0.1, -0.05) is 36.4 Å². The predicted molar refractivity (Wildman–Crippen MR) is 130 cm³/mol. The van der Waals surface area contributed by atoms with E-state index in [9.17, 15) is 4.79 Å². The Morgan fingerprint density at radius 3 is 2.47 bits per heavy atom. The fourth-order valence-electron chi connectivity index (χ4n) is 3.73. The number of thiophene rings is 1. The van der Waals surface area contributed by atoms with Crippen molar-refractivity contribution in [2.75, 3.05) is 37.6 Å². The number of rotatable bonds is 6. The summed E-state index contributed by atoms with van der Waals surface area (Å²) in [5.74, 6) is -0.413. The van der Waals surface area contributed by atoms with E-state index in [1.165, 1.54) is 27.4 Å². The lowest BCUT2D eigenvalue weighted by Crippen LogP contribution is -2.47. The highest BCUT2D eigenvalue weighted by atomic mass is 35.5. The van der Waals surface area contributed by atoms with Gasteiger partial charge in [0, 0.05) is 59.5 Å². The van der Waals surface area contributed by atoms with Crippen LogP contribution < -0.4 is 10.6 Å². The molecule has 0 atom stereocenters. The van der Waals surface area contributed by atoms with Gasteiger partial charge in [0.1, 0.15) is 0 Å². The molecule has 0 unspecified atom stereocenters. The molecule has 1 fully saturated rings. The van der Waals surface area contributed by atoms with Crippen LogP contribution in [0.5, 0.6) is 0 Å². The van der Waals surface area contributed by atoms with Crippen LogP contribution in [-0.2, 0) is 11.2 Å². The molecule has 0 bridgehead atoms. The molecule has 4 rings (SSSR count). The van der Waals surface area contributed by atoms with Gasteiger partial charge in [-0.05, 0) is 36.3 Å². The zero-order valence-corrected chi connectivity index (χ0v) is 18.4. The highest BCUT2D eigenvalue weighted by Crippen LogP contribution is 2.34. The Bertz CT molecular complexity index is 983. The third kappa shape index (κ3) is 5.83. The zero-order chi connectivity index (χ0) is 19.3. The van der Waals surface area contributed by atoms with Gasteiger partial charge in [-0.15, -0.1) is 23.7 Å². The van der Waals surface area contributed by atoms with Crippen LogP contribution in [0.25, 0.3) is 16.2 Å². The van der Waals surface area contributed by atoms with Crippen molar-refractivity contribution < 1.29 is 10.3 Å². The minimum atomic E-state index is -0.413. The van der Waals surface area contributed by atoms with Gasteiger partial charge in [-0.2, -0.15) is 0 Å². The fourth-order valence-corrected chi connectivity index (χ4v) is 4.72. The predicted octanol–water partition coefficient (Wildman–Crippen LogP) is 3.36. The summed E-state index contributed by atoms with van der Waals surface area (Å²) < 4.78 is 1.24. The molecule has 30 heavy (non-hydrogen) atoms. The molecule has 4 N–H and O–H groups in total. The molecule has 0 aliphatic carbocycles. The highest BCUT2D eigenvalue weighted by Gasteiger charge is 2.19. The summed E-state index contributed by atoms with van der Waals surface area (Å²) in [4.78, 5) is 17.1. The quantitative estimate of drug-likeness (QED) is 0.590. The SMILES string of the molecule is Cl.NC(=O)/C=C/c1cc2c(N3CCN(CCc4ccccc4)CC3)cccc2s1.O. The number of piperazine rings is 1. The Hall–Kier alpha value is -2.38. The van der Waals surface area contributed by atoms with Crippen molar-refractivity contribution in [3.8, 4) is 0 Å². The summed E-state index contributed by atoms with van der Waals surface area (Å²) in [6.45, 7) is 5.36. The van der Waals surface area contributed by atoms with Gasteiger partial charge in [0.15, 0.2) is 0 Å². The number of carbonyl (C=O) groups is 1. The Morgan fingerprint density at radius 2 is 1.77 bits per heavy atom. The van der Waals surface area contributed by atoms with E-state index in [-0.39, 0.29) is 17.9 Å². The maximum absolute atomic E-state index is 11.0. The number of nitrogens with zero attached hydrogens (tertiary/aromatic N) is 2. The standard InChI is InChI=1S/C23H25N3OS.ClH.H2O/c24-23(27)10-9-19-17-20-21(7-4-8-22(20)28-19)26-15-13-25(14-16-26)12-11-18-5-2-1-3-6-18;;/h1-10,17H,11-16H2,(H2,24,27);1H;1H2/b10-9+;;. The number of anilines is 1. The molecule has 7 heteroatoms. The van der Waals surface area contributed by atoms with E-state index in [0.29, 0.717) is 0 Å². The summed E-state index contributed by atoms with van der Waals surface area (Å²) in [6, 6.07) is 19.3. The Kier molecular flexibility index (Phi) is 8.87. The van der Waals surface area contributed by atoms with E-state index in [4.69, 9.17) is 5.73 Å². The molecule has 1 saturated heterocycles. The Labute approximate surface area is 187 Å². The average Bonchev–Trinajstić information content (AvgIpc) is 3.15. The second-order valence-electron chi connectivity index (χ2n) is 7.14. The molecule has 1 amide bonds. The number of benzene rings is 2. The molecule has 0 radical (unpaired) electrons. The molecule has 1 aromatic heterocycles. The molecule has 0 saturated carbocycles. The van der Waals surface area contributed by atoms with E-state index in [1.807, 2.05) is 0 Å². The van der Waals surface area contributed by atoms with Gasteiger partial charge in [0.25, 0.3) is 0 Å². The van der Waals surface area contributed by atoms with Crippen LogP contribution in [0.4, 0.5) is 5.69 Å². The number of nitrogens with two attached hydrogens (primary N) is 1. The van der Waals surface area contributed by atoms with E-state index >= 15 is 0 Å². The number of hydrogen-bond acceptors (Lipinski definition) is 4. The topological polar surface area (TPSA) is 81.1 Å². The largest absolute Gasteiger partial charge is 0.412 e. The highest BCUT2D eigenvalue weighted by molar-refractivity contribution is 7.20. The van der Waals surface area contributed by atoms with Gasteiger partial charge < -0.3 is 16.1 Å². The van der Waals surface area contributed by atoms with Crippen LogP contribution in [0.1, 0.15) is 10.4 Å². The van der Waals surface area contributed by atoms with Gasteiger partial charge in [0.2, 0.25) is 5.91 Å². The molecular weight excluding hydrogens is 418 g/mol. The van der Waals surface area contributed by atoms with E-state index in [1.54, 1.807) is 17.4 Å². The number of primary amides is 1. The Morgan fingerprint density at radius 1 is 1.03 bits per heavy atom. The molecular formula is C23H28ClN3O2S. The third-order valence-electron chi connectivity index (χ3n) is 5.24. The molecule has 2 heterocycles. The van der Waals surface area contributed by atoms with Gasteiger partial charge in [0.05, 0.1) is 0 Å². The van der Waals surface area contributed by atoms with Crippen molar-refractivity contribution in [1.29, 1.82) is 0 Å². The lowest BCUT2D eigenvalue weighted by Gasteiger charge is -2.36. The lowest BCUT2D eigenvalue weighted by molar-refractivity contribution is -0.113. The summed E-state index contributed by atoms with van der Waals surface area (Å²) in [6.07, 6.45) is 4.34. The first kappa shape index (κ1) is 23.9. The number of halogens is 1. The van der Waals surface area contributed by atoms with Gasteiger partial charge in [-0.25, -0.2) is 0 Å². The maximum atomic E-state index is 11.0. The van der Waals surface area contributed by atoms with Crippen molar-refractivity contribution in [3.05, 3.63) is 71.1 Å². The lowest BCUT2D eigenvalue weighted by atomic mass is 10.1. The average molecular weight is 446 g/mol. The minimum absolute atomic E-state index is 0. The summed E-state index contributed by atoms with van der Waals surface area (Å²) in [5.41, 5.74) is 7.92. The van der Waals surface area contributed by atoms with Crippen LogP contribution in [0, 0.1) is 0 Å². The molecule has 160 valence electrons. The van der Waals surface area contributed by atoms with Gasteiger partial charge in [-0.3, -0.25) is 9.69 Å². The molecule has 1 aliphatic rings. The van der Waals surface area contributed by atoms with Crippen molar-refractivity contribution in [3.63, 3.8) is 0 Å². The van der Waals surface area contributed by atoms with Crippen LogP contribution in [-0.4, -0.2) is 49.0 Å². The zero-order valence-electron chi connectivity index (χ0n) is 16.8. The van der Waals surface area contributed by atoms with Crippen LogP contribution >= 0.6 is 23.7 Å². The monoisotopic (exact) mass is 445 g/mol. The van der Waals surface area contributed by atoms with Crippen molar-refractivity contribution >= 4 is 51.5 Å². The van der Waals surface area contributed by atoms with Crippen LogP contribution in [0.3, 0.4) is 0 Å². The Balaban J connectivity index is 0.00000160. The first-order chi connectivity index (χ1) is 13.7. The van der Waals surface area contributed by atoms with Gasteiger partial charge >= 0.3 is 0 Å². The normalized spacial score (nSPS) is 14.5. The summed E-state index contributed by atoms with van der Waals surface area (Å²) >= 11 is 1.69. The van der Waals surface area contributed by atoms with Crippen molar-refractivity contribution in [1.82, 2.24) is 4.90 Å². The second-order valence-corrected chi connectivity index (χ2v) is 8.25. The number of fused-ring (bicyclic) bond motifs is 1. The van der Waals surface area contributed by atoms with Crippen molar-refractivity contribution in [2.45, 2.75) is 6.42 Å². The maximum Gasteiger partial charge on any atom is 0.241 e. The number of hydrogen-bond donors (Lipinski definition) is 1. The second kappa shape index (κ2) is 11.1. The smallest absolute Gasteiger partial charge is 0.241 e. The van der Waals surface area contributed by atoms with E-state index < -0.39 is 5.91 Å². The summed E-state index contributed by atoms with van der Waals surface area (Å²) in [7, 11) is 0. The van der Waals surface area contributed by atoms with Crippen LogP contribution in [0.15, 0.2) is 60.7 Å². The molecule has 1 aliphatic heterocycles. The van der Waals surface area contributed by atoms with Crippen molar-refractivity contribution in [2.24, 2.45) is 5.73 Å². The van der Waals surface area contributed by atoms with E-state index in [0.717, 1.165) is 44.0 Å². The molecule has 5 nitrogen and oxygen atoms in total.